The Morgan fingerprint density at radius 3 is 2.40 bits per heavy atom. The van der Waals surface area contributed by atoms with Crippen LogP contribution in [0.2, 0.25) is 0 Å². The molecule has 4 heteroatoms. The maximum atomic E-state index is 12.8. The molecule has 0 spiro atoms. The Kier molecular flexibility index (Phi) is 3.68. The van der Waals surface area contributed by atoms with Gasteiger partial charge in [-0.05, 0) is 30.2 Å². The fourth-order valence-corrected chi connectivity index (χ4v) is 1.23. The molecule has 0 amide bonds. The minimum Gasteiger partial charge on any atom is -0.321 e. The molecule has 0 aromatic heterocycles. The lowest BCUT2D eigenvalue weighted by atomic mass is 10.0. The Bertz CT molecular complexity index is 370. The predicted octanol–water partition coefficient (Wildman–Crippen LogP) is 1.59. The van der Waals surface area contributed by atoms with Gasteiger partial charge < -0.3 is 5.73 Å². The summed E-state index contributed by atoms with van der Waals surface area (Å²) in [6.07, 6.45) is 1.19. The molecular formula is C11H11F2NO. The lowest BCUT2D eigenvalue weighted by molar-refractivity contribution is -0.115. The summed E-state index contributed by atoms with van der Waals surface area (Å²) in [7, 11) is 0. The first-order valence-corrected chi connectivity index (χ1v) is 4.39. The highest BCUT2D eigenvalue weighted by Gasteiger charge is 2.11. The van der Waals surface area contributed by atoms with E-state index in [2.05, 4.69) is 6.58 Å². The lowest BCUT2D eigenvalue weighted by Gasteiger charge is -2.07. The zero-order valence-corrected chi connectivity index (χ0v) is 8.04. The number of hydrogen-bond donors (Lipinski definition) is 1. The molecule has 2 nitrogen and oxygen atoms in total. The smallest absolute Gasteiger partial charge is 0.172 e. The van der Waals surface area contributed by atoms with Crippen LogP contribution in [0.1, 0.15) is 5.56 Å². The molecule has 0 aliphatic carbocycles. The van der Waals surface area contributed by atoms with Crippen molar-refractivity contribution < 1.29 is 13.6 Å². The topological polar surface area (TPSA) is 43.1 Å². The molecule has 0 saturated carbocycles. The van der Waals surface area contributed by atoms with Crippen LogP contribution in [0.15, 0.2) is 30.9 Å². The molecule has 2 N–H and O–H groups in total. The summed E-state index contributed by atoms with van der Waals surface area (Å²) in [5.74, 6) is -1.70. The monoisotopic (exact) mass is 211 g/mol. The quantitative estimate of drug-likeness (QED) is 0.768. The molecular weight excluding hydrogens is 200 g/mol. The van der Waals surface area contributed by atoms with Crippen LogP contribution in [0.25, 0.3) is 0 Å². The lowest BCUT2D eigenvalue weighted by Crippen LogP contribution is -2.31. The van der Waals surface area contributed by atoms with Gasteiger partial charge in [0.25, 0.3) is 0 Å². The molecule has 1 rings (SSSR count). The number of hydrogen-bond acceptors (Lipinski definition) is 2. The van der Waals surface area contributed by atoms with E-state index in [-0.39, 0.29) is 12.2 Å². The molecule has 0 aliphatic rings. The van der Waals surface area contributed by atoms with E-state index in [1.807, 2.05) is 0 Å². The second-order valence-corrected chi connectivity index (χ2v) is 3.19. The largest absolute Gasteiger partial charge is 0.321 e. The standard InChI is InChI=1S/C11H11F2NO/c1-2-11(15)10(14)5-7-3-8(12)6-9(13)4-7/h2-4,6,10H,1,5,14H2. The van der Waals surface area contributed by atoms with Gasteiger partial charge in [0.05, 0.1) is 6.04 Å². The van der Waals surface area contributed by atoms with Gasteiger partial charge in [0, 0.05) is 6.07 Å². The van der Waals surface area contributed by atoms with E-state index in [0.717, 1.165) is 24.3 Å². The van der Waals surface area contributed by atoms with Crippen molar-refractivity contribution in [2.24, 2.45) is 5.73 Å². The van der Waals surface area contributed by atoms with Crippen LogP contribution in [0, 0.1) is 11.6 Å². The summed E-state index contributed by atoms with van der Waals surface area (Å²) in [5, 5.41) is 0. The highest BCUT2D eigenvalue weighted by Crippen LogP contribution is 2.09. The van der Waals surface area contributed by atoms with Gasteiger partial charge in [-0.3, -0.25) is 4.79 Å². The van der Waals surface area contributed by atoms with Crippen LogP contribution in [0.5, 0.6) is 0 Å². The molecule has 0 radical (unpaired) electrons. The molecule has 15 heavy (non-hydrogen) atoms. The van der Waals surface area contributed by atoms with Crippen LogP contribution in [-0.2, 0) is 11.2 Å². The van der Waals surface area contributed by atoms with Crippen LogP contribution in [0.4, 0.5) is 8.78 Å². The van der Waals surface area contributed by atoms with Crippen molar-refractivity contribution in [2.75, 3.05) is 0 Å². The van der Waals surface area contributed by atoms with E-state index in [1.54, 1.807) is 0 Å². The Morgan fingerprint density at radius 2 is 1.93 bits per heavy atom. The first kappa shape index (κ1) is 11.5. The van der Waals surface area contributed by atoms with Gasteiger partial charge in [0.1, 0.15) is 11.6 Å². The van der Waals surface area contributed by atoms with E-state index in [0.29, 0.717) is 5.56 Å². The van der Waals surface area contributed by atoms with Crippen LogP contribution >= 0.6 is 0 Å². The van der Waals surface area contributed by atoms with Crippen molar-refractivity contribution in [2.45, 2.75) is 12.5 Å². The number of benzene rings is 1. The van der Waals surface area contributed by atoms with Gasteiger partial charge in [-0.15, -0.1) is 0 Å². The normalized spacial score (nSPS) is 12.2. The third-order valence-corrected chi connectivity index (χ3v) is 1.94. The van der Waals surface area contributed by atoms with Crippen molar-refractivity contribution in [3.8, 4) is 0 Å². The zero-order chi connectivity index (χ0) is 11.4. The Morgan fingerprint density at radius 1 is 1.40 bits per heavy atom. The Balaban J connectivity index is 2.80. The fourth-order valence-electron chi connectivity index (χ4n) is 1.23. The summed E-state index contributed by atoms with van der Waals surface area (Å²) >= 11 is 0. The van der Waals surface area contributed by atoms with Crippen molar-refractivity contribution in [1.82, 2.24) is 0 Å². The number of carbonyl (C=O) groups is 1. The molecule has 1 unspecified atom stereocenters. The van der Waals surface area contributed by atoms with Gasteiger partial charge in [0.2, 0.25) is 0 Å². The highest BCUT2D eigenvalue weighted by atomic mass is 19.1. The maximum absolute atomic E-state index is 12.8. The number of halogens is 2. The zero-order valence-electron chi connectivity index (χ0n) is 8.04. The van der Waals surface area contributed by atoms with Gasteiger partial charge >= 0.3 is 0 Å². The molecule has 1 aromatic carbocycles. The molecule has 0 heterocycles. The fraction of sp³-hybridized carbons (Fsp3) is 0.182. The molecule has 0 saturated heterocycles. The van der Waals surface area contributed by atoms with E-state index in [4.69, 9.17) is 5.73 Å². The number of carbonyl (C=O) groups excluding carboxylic acids is 1. The average molecular weight is 211 g/mol. The number of ketones is 1. The molecule has 80 valence electrons. The summed E-state index contributed by atoms with van der Waals surface area (Å²) in [6, 6.07) is 2.27. The number of rotatable bonds is 4. The summed E-state index contributed by atoms with van der Waals surface area (Å²) in [4.78, 5) is 11.1. The van der Waals surface area contributed by atoms with Crippen molar-refractivity contribution in [1.29, 1.82) is 0 Å². The van der Waals surface area contributed by atoms with E-state index >= 15 is 0 Å². The number of nitrogens with two attached hydrogens (primary N) is 1. The highest BCUT2D eigenvalue weighted by molar-refractivity contribution is 5.93. The molecule has 0 fully saturated rings. The first-order valence-electron chi connectivity index (χ1n) is 4.39. The minimum absolute atomic E-state index is 0.0968. The van der Waals surface area contributed by atoms with Gasteiger partial charge in [-0.1, -0.05) is 6.58 Å². The third-order valence-electron chi connectivity index (χ3n) is 1.94. The van der Waals surface area contributed by atoms with E-state index < -0.39 is 17.7 Å². The van der Waals surface area contributed by atoms with Crippen LogP contribution in [0.3, 0.4) is 0 Å². The van der Waals surface area contributed by atoms with Gasteiger partial charge in [-0.2, -0.15) is 0 Å². The summed E-state index contributed by atoms with van der Waals surface area (Å²) in [6.45, 7) is 3.28. The van der Waals surface area contributed by atoms with Crippen LogP contribution < -0.4 is 5.73 Å². The second kappa shape index (κ2) is 4.79. The predicted molar refractivity (Wildman–Crippen MR) is 53.2 cm³/mol. The molecule has 0 bridgehead atoms. The Labute approximate surface area is 86.4 Å². The average Bonchev–Trinajstić information content (AvgIpc) is 2.14. The van der Waals surface area contributed by atoms with Crippen molar-refractivity contribution >= 4 is 5.78 Å². The van der Waals surface area contributed by atoms with Gasteiger partial charge in [-0.25, -0.2) is 8.78 Å². The van der Waals surface area contributed by atoms with E-state index in [9.17, 15) is 13.6 Å². The third kappa shape index (κ3) is 3.25. The SMILES string of the molecule is C=CC(=O)C(N)Cc1cc(F)cc(F)c1. The van der Waals surface area contributed by atoms with Gasteiger partial charge in [0.15, 0.2) is 5.78 Å². The van der Waals surface area contributed by atoms with Crippen molar-refractivity contribution in [3.63, 3.8) is 0 Å². The second-order valence-electron chi connectivity index (χ2n) is 3.19. The van der Waals surface area contributed by atoms with E-state index in [1.165, 1.54) is 0 Å². The molecule has 1 aromatic rings. The summed E-state index contributed by atoms with van der Waals surface area (Å²) in [5.41, 5.74) is 5.85. The first-order chi connectivity index (χ1) is 7.02. The Hall–Kier alpha value is -1.55. The molecule has 1 atom stereocenters. The maximum Gasteiger partial charge on any atom is 0.172 e. The van der Waals surface area contributed by atoms with Crippen molar-refractivity contribution in [3.05, 3.63) is 48.1 Å². The minimum atomic E-state index is -0.802. The van der Waals surface area contributed by atoms with Crippen LogP contribution in [-0.4, -0.2) is 11.8 Å². The summed E-state index contributed by atoms with van der Waals surface area (Å²) < 4.78 is 25.6. The molecule has 0 aliphatic heterocycles.